The van der Waals surface area contributed by atoms with Gasteiger partial charge in [-0.05, 0) is 36.8 Å². The number of anilines is 1. The van der Waals surface area contributed by atoms with E-state index < -0.39 is 5.56 Å². The minimum absolute atomic E-state index is 0.0231. The molecule has 8 heteroatoms. The van der Waals surface area contributed by atoms with E-state index in [0.29, 0.717) is 28.5 Å². The SMILES string of the molecule is Cc1nccn1-c1ccc(CNc2cnn(-c3ccccc3)c(=O)c2Cl)cc1F. The van der Waals surface area contributed by atoms with Crippen LogP contribution in [0.25, 0.3) is 11.4 Å². The van der Waals surface area contributed by atoms with Gasteiger partial charge in [-0.3, -0.25) is 4.79 Å². The second-order valence-corrected chi connectivity index (χ2v) is 6.79. The van der Waals surface area contributed by atoms with Crippen molar-refractivity contribution in [2.45, 2.75) is 13.5 Å². The van der Waals surface area contributed by atoms with Crippen LogP contribution in [0.15, 0.2) is 71.9 Å². The summed E-state index contributed by atoms with van der Waals surface area (Å²) in [4.78, 5) is 16.6. The van der Waals surface area contributed by atoms with Crippen molar-refractivity contribution in [2.75, 3.05) is 5.32 Å². The Morgan fingerprint density at radius 2 is 1.97 bits per heavy atom. The molecule has 0 atom stereocenters. The Kier molecular flexibility index (Phi) is 5.14. The van der Waals surface area contributed by atoms with Gasteiger partial charge in [0.05, 0.1) is 23.3 Å². The van der Waals surface area contributed by atoms with Gasteiger partial charge in [0.1, 0.15) is 16.7 Å². The van der Waals surface area contributed by atoms with Crippen molar-refractivity contribution in [3.8, 4) is 11.4 Å². The van der Waals surface area contributed by atoms with Crippen molar-refractivity contribution in [3.63, 3.8) is 0 Å². The van der Waals surface area contributed by atoms with Gasteiger partial charge >= 0.3 is 0 Å². The van der Waals surface area contributed by atoms with Crippen LogP contribution in [0.3, 0.4) is 0 Å². The van der Waals surface area contributed by atoms with Crippen LogP contribution in [0.4, 0.5) is 10.1 Å². The predicted molar refractivity (Wildman–Crippen MR) is 110 cm³/mol. The van der Waals surface area contributed by atoms with Gasteiger partial charge in [0.2, 0.25) is 0 Å². The number of hydrogen-bond donors (Lipinski definition) is 1. The lowest BCUT2D eigenvalue weighted by Crippen LogP contribution is -2.22. The number of nitrogens with zero attached hydrogens (tertiary/aromatic N) is 4. The minimum Gasteiger partial charge on any atom is -0.378 e. The van der Waals surface area contributed by atoms with Gasteiger partial charge in [0.25, 0.3) is 5.56 Å². The maximum Gasteiger partial charge on any atom is 0.292 e. The molecule has 0 saturated carbocycles. The number of nitrogens with one attached hydrogen (secondary N) is 1. The molecular formula is C21H17ClFN5O. The van der Waals surface area contributed by atoms with Gasteiger partial charge in [0, 0.05) is 18.9 Å². The Balaban J connectivity index is 1.54. The highest BCUT2D eigenvalue weighted by Crippen LogP contribution is 2.20. The van der Waals surface area contributed by atoms with Crippen LogP contribution in [-0.4, -0.2) is 19.3 Å². The van der Waals surface area contributed by atoms with E-state index in [-0.39, 0.29) is 17.4 Å². The van der Waals surface area contributed by atoms with Gasteiger partial charge in [-0.2, -0.15) is 9.78 Å². The lowest BCUT2D eigenvalue weighted by atomic mass is 10.2. The van der Waals surface area contributed by atoms with Crippen molar-refractivity contribution < 1.29 is 4.39 Å². The first-order valence-electron chi connectivity index (χ1n) is 8.90. The Labute approximate surface area is 171 Å². The molecule has 1 N–H and O–H groups in total. The largest absolute Gasteiger partial charge is 0.378 e. The summed E-state index contributed by atoms with van der Waals surface area (Å²) in [6.45, 7) is 2.10. The molecule has 0 fully saturated rings. The van der Waals surface area contributed by atoms with Crippen molar-refractivity contribution in [1.29, 1.82) is 0 Å². The van der Waals surface area contributed by atoms with Crippen LogP contribution in [-0.2, 0) is 6.54 Å². The molecule has 4 aromatic rings. The Morgan fingerprint density at radius 1 is 1.17 bits per heavy atom. The molecule has 0 amide bonds. The van der Waals surface area contributed by atoms with Crippen LogP contribution in [0.1, 0.15) is 11.4 Å². The molecule has 2 aromatic carbocycles. The van der Waals surface area contributed by atoms with Crippen LogP contribution in [0, 0.1) is 12.7 Å². The standard InChI is InChI=1S/C21H17ClFN5O/c1-14-24-9-10-27(14)19-8-7-15(11-17(19)23)12-25-18-13-26-28(21(29)20(18)22)16-5-3-2-4-6-16/h2-11,13,25H,12H2,1H3. The highest BCUT2D eigenvalue weighted by molar-refractivity contribution is 6.32. The smallest absolute Gasteiger partial charge is 0.292 e. The van der Waals surface area contributed by atoms with Crippen molar-refractivity contribution in [3.05, 3.63) is 99.7 Å². The van der Waals surface area contributed by atoms with Crippen LogP contribution in [0.5, 0.6) is 0 Å². The van der Waals surface area contributed by atoms with Crippen molar-refractivity contribution in [1.82, 2.24) is 19.3 Å². The maximum atomic E-state index is 14.5. The molecule has 6 nitrogen and oxygen atoms in total. The summed E-state index contributed by atoms with van der Waals surface area (Å²) in [7, 11) is 0. The first kappa shape index (κ1) is 18.9. The van der Waals surface area contributed by atoms with E-state index in [4.69, 9.17) is 11.6 Å². The molecule has 2 heterocycles. The zero-order chi connectivity index (χ0) is 20.4. The van der Waals surface area contributed by atoms with E-state index in [9.17, 15) is 9.18 Å². The molecule has 29 heavy (non-hydrogen) atoms. The summed E-state index contributed by atoms with van der Waals surface area (Å²) >= 11 is 6.24. The fourth-order valence-electron chi connectivity index (χ4n) is 2.99. The van der Waals surface area contributed by atoms with Gasteiger partial charge in [0.15, 0.2) is 0 Å². The number of halogens is 2. The number of benzene rings is 2. The molecule has 0 aliphatic rings. The normalized spacial score (nSPS) is 10.9. The average Bonchev–Trinajstić information content (AvgIpc) is 3.15. The summed E-state index contributed by atoms with van der Waals surface area (Å²) in [5.74, 6) is 0.334. The van der Waals surface area contributed by atoms with E-state index in [1.165, 1.54) is 16.9 Å². The number of hydrogen-bond acceptors (Lipinski definition) is 4. The second-order valence-electron chi connectivity index (χ2n) is 6.41. The van der Waals surface area contributed by atoms with E-state index in [2.05, 4.69) is 15.4 Å². The zero-order valence-corrected chi connectivity index (χ0v) is 16.3. The van der Waals surface area contributed by atoms with E-state index in [1.807, 2.05) is 25.1 Å². The van der Waals surface area contributed by atoms with E-state index >= 15 is 0 Å². The summed E-state index contributed by atoms with van der Waals surface area (Å²) < 4.78 is 17.4. The van der Waals surface area contributed by atoms with E-state index in [0.717, 1.165) is 0 Å². The third-order valence-corrected chi connectivity index (χ3v) is 4.87. The molecule has 0 saturated heterocycles. The minimum atomic E-state index is -0.431. The highest BCUT2D eigenvalue weighted by Gasteiger charge is 2.12. The number of aromatic nitrogens is 4. The Morgan fingerprint density at radius 3 is 2.66 bits per heavy atom. The summed E-state index contributed by atoms with van der Waals surface area (Å²) in [5.41, 5.74) is 1.71. The molecule has 2 aromatic heterocycles. The summed E-state index contributed by atoms with van der Waals surface area (Å²) in [5, 5.41) is 7.24. The molecule has 0 aliphatic heterocycles. The van der Waals surface area contributed by atoms with Gasteiger partial charge in [-0.15, -0.1) is 0 Å². The molecule has 4 rings (SSSR count). The van der Waals surface area contributed by atoms with Crippen molar-refractivity contribution in [2.24, 2.45) is 0 Å². The van der Waals surface area contributed by atoms with Crippen LogP contribution < -0.4 is 10.9 Å². The lowest BCUT2D eigenvalue weighted by Gasteiger charge is -2.12. The monoisotopic (exact) mass is 409 g/mol. The number of aryl methyl sites for hydroxylation is 1. The first-order chi connectivity index (χ1) is 14.0. The molecule has 0 unspecified atom stereocenters. The maximum absolute atomic E-state index is 14.5. The Bertz CT molecular complexity index is 1220. The second kappa shape index (κ2) is 7.89. The molecule has 0 aliphatic carbocycles. The van der Waals surface area contributed by atoms with Crippen molar-refractivity contribution >= 4 is 17.3 Å². The molecular weight excluding hydrogens is 393 g/mol. The molecule has 0 spiro atoms. The lowest BCUT2D eigenvalue weighted by molar-refractivity contribution is 0.614. The van der Waals surface area contributed by atoms with Crippen LogP contribution >= 0.6 is 11.6 Å². The Hall–Kier alpha value is -3.45. The van der Waals surface area contributed by atoms with Crippen LogP contribution in [0.2, 0.25) is 5.02 Å². The number of rotatable bonds is 5. The predicted octanol–water partition coefficient (Wildman–Crippen LogP) is 4.13. The summed E-state index contributed by atoms with van der Waals surface area (Å²) in [6.07, 6.45) is 4.81. The average molecular weight is 410 g/mol. The van der Waals surface area contributed by atoms with Gasteiger partial charge in [-0.25, -0.2) is 9.37 Å². The zero-order valence-electron chi connectivity index (χ0n) is 15.5. The number of imidazole rings is 1. The number of para-hydroxylation sites is 1. The third kappa shape index (κ3) is 3.77. The topological polar surface area (TPSA) is 64.7 Å². The van der Waals surface area contributed by atoms with E-state index in [1.54, 1.807) is 41.2 Å². The molecule has 146 valence electrons. The van der Waals surface area contributed by atoms with Gasteiger partial charge in [-0.1, -0.05) is 35.9 Å². The first-order valence-corrected chi connectivity index (χ1v) is 9.28. The third-order valence-electron chi connectivity index (χ3n) is 4.50. The summed E-state index contributed by atoms with van der Waals surface area (Å²) in [6, 6.07) is 13.9. The molecule has 0 radical (unpaired) electrons. The highest BCUT2D eigenvalue weighted by atomic mass is 35.5. The molecule has 0 bridgehead atoms. The fourth-order valence-corrected chi connectivity index (χ4v) is 3.19. The fraction of sp³-hybridized carbons (Fsp3) is 0.0952. The quantitative estimate of drug-likeness (QED) is 0.538. The van der Waals surface area contributed by atoms with Gasteiger partial charge < -0.3 is 9.88 Å².